The van der Waals surface area contributed by atoms with Gasteiger partial charge in [-0.25, -0.2) is 4.79 Å². The summed E-state index contributed by atoms with van der Waals surface area (Å²) < 4.78 is 0. The maximum Gasteiger partial charge on any atom is 0.335 e. The molecule has 1 amide bonds. The van der Waals surface area contributed by atoms with Crippen LogP contribution in [0.3, 0.4) is 0 Å². The predicted molar refractivity (Wildman–Crippen MR) is 83.0 cm³/mol. The second-order valence-electron chi connectivity index (χ2n) is 6.34. The number of carboxylic acids is 1. The lowest BCUT2D eigenvalue weighted by Crippen LogP contribution is -2.42. The van der Waals surface area contributed by atoms with Crippen molar-refractivity contribution >= 4 is 11.9 Å². The molecule has 1 aromatic rings. The molecule has 0 spiro atoms. The highest BCUT2D eigenvalue weighted by Gasteiger charge is 2.26. The van der Waals surface area contributed by atoms with Gasteiger partial charge in [-0.05, 0) is 55.8 Å². The highest BCUT2D eigenvalue weighted by molar-refractivity contribution is 5.87. The first kappa shape index (κ1) is 15.0. The smallest absolute Gasteiger partial charge is 0.335 e. The van der Waals surface area contributed by atoms with E-state index in [4.69, 9.17) is 5.11 Å². The van der Waals surface area contributed by atoms with Crippen LogP contribution in [-0.4, -0.2) is 47.6 Å². The summed E-state index contributed by atoms with van der Waals surface area (Å²) in [5.41, 5.74) is 1.48. The Kier molecular flexibility index (Phi) is 4.43. The summed E-state index contributed by atoms with van der Waals surface area (Å²) in [4.78, 5) is 25.0. The average molecular weight is 302 g/mol. The molecule has 1 saturated heterocycles. The van der Waals surface area contributed by atoms with Crippen molar-refractivity contribution in [1.82, 2.24) is 10.2 Å². The number of carbonyl (C=O) groups is 2. The fourth-order valence-electron chi connectivity index (χ4n) is 3.07. The molecule has 22 heavy (non-hydrogen) atoms. The highest BCUT2D eigenvalue weighted by atomic mass is 16.4. The fourth-order valence-corrected chi connectivity index (χ4v) is 3.07. The molecule has 1 heterocycles. The van der Waals surface area contributed by atoms with Crippen molar-refractivity contribution in [3.63, 3.8) is 0 Å². The number of amides is 1. The van der Waals surface area contributed by atoms with Gasteiger partial charge in [0.25, 0.3) is 0 Å². The van der Waals surface area contributed by atoms with E-state index in [-0.39, 0.29) is 5.91 Å². The second-order valence-corrected chi connectivity index (χ2v) is 6.34. The summed E-state index contributed by atoms with van der Waals surface area (Å²) in [5.74, 6) is -0.386. The van der Waals surface area contributed by atoms with Crippen LogP contribution in [0.15, 0.2) is 24.3 Å². The Morgan fingerprint density at radius 3 is 2.55 bits per heavy atom. The van der Waals surface area contributed by atoms with Gasteiger partial charge in [-0.2, -0.15) is 0 Å². The number of rotatable bonds is 5. The number of carbonyl (C=O) groups excluding carboxylic acids is 1. The van der Waals surface area contributed by atoms with Crippen LogP contribution in [0, 0.1) is 0 Å². The molecule has 1 aliphatic heterocycles. The Balaban J connectivity index is 1.57. The van der Waals surface area contributed by atoms with Gasteiger partial charge in [0, 0.05) is 12.6 Å². The normalized spacial score (nSPS) is 22.3. The summed E-state index contributed by atoms with van der Waals surface area (Å²) in [6, 6.07) is 7.55. The minimum Gasteiger partial charge on any atom is -0.478 e. The number of benzene rings is 1. The summed E-state index contributed by atoms with van der Waals surface area (Å²) in [6.45, 7) is 2.30. The molecule has 5 nitrogen and oxygen atoms in total. The van der Waals surface area contributed by atoms with Crippen LogP contribution in [0.25, 0.3) is 0 Å². The van der Waals surface area contributed by atoms with Crippen LogP contribution in [0.2, 0.25) is 0 Å². The molecular weight excluding hydrogens is 280 g/mol. The molecule has 1 saturated carbocycles. The number of carboxylic acid groups (broad SMARTS) is 1. The quantitative estimate of drug-likeness (QED) is 0.871. The van der Waals surface area contributed by atoms with E-state index < -0.39 is 5.97 Å². The standard InChI is InChI=1S/C17H22N2O3/c20-16(18-15-7-8-15)11-19-9-1-2-14(10-19)12-3-5-13(6-4-12)17(21)22/h3-6,14-15H,1-2,7-11H2,(H,18,20)(H,21,22). The number of nitrogens with zero attached hydrogens (tertiary/aromatic N) is 1. The molecule has 118 valence electrons. The van der Waals surface area contributed by atoms with E-state index in [2.05, 4.69) is 10.2 Å². The molecule has 0 aromatic heterocycles. The molecule has 5 heteroatoms. The van der Waals surface area contributed by atoms with Gasteiger partial charge < -0.3 is 10.4 Å². The molecule has 1 unspecified atom stereocenters. The van der Waals surface area contributed by atoms with Gasteiger partial charge in [0.1, 0.15) is 0 Å². The number of likely N-dealkylation sites (tertiary alicyclic amines) is 1. The van der Waals surface area contributed by atoms with Crippen LogP contribution in [0.1, 0.15) is 47.5 Å². The van der Waals surface area contributed by atoms with Crippen molar-refractivity contribution in [2.24, 2.45) is 0 Å². The van der Waals surface area contributed by atoms with E-state index in [1.165, 1.54) is 0 Å². The Bertz CT molecular complexity index is 552. The lowest BCUT2D eigenvalue weighted by Gasteiger charge is -2.32. The van der Waals surface area contributed by atoms with Crippen molar-refractivity contribution < 1.29 is 14.7 Å². The van der Waals surface area contributed by atoms with Gasteiger partial charge in [0.15, 0.2) is 0 Å². The maximum atomic E-state index is 11.9. The van der Waals surface area contributed by atoms with E-state index >= 15 is 0 Å². The molecule has 1 aromatic carbocycles. The molecular formula is C17H22N2O3. The molecule has 1 atom stereocenters. The lowest BCUT2D eigenvalue weighted by molar-refractivity contribution is -0.122. The van der Waals surface area contributed by atoms with E-state index in [0.29, 0.717) is 24.1 Å². The molecule has 0 radical (unpaired) electrons. The molecule has 2 N–H and O–H groups in total. The zero-order valence-corrected chi connectivity index (χ0v) is 12.6. The van der Waals surface area contributed by atoms with E-state index in [1.807, 2.05) is 12.1 Å². The Hall–Kier alpha value is -1.88. The number of aromatic carboxylic acids is 1. The Morgan fingerprint density at radius 1 is 1.18 bits per heavy atom. The summed E-state index contributed by atoms with van der Waals surface area (Å²) in [6.07, 6.45) is 4.39. The largest absolute Gasteiger partial charge is 0.478 e. The van der Waals surface area contributed by atoms with Crippen LogP contribution in [0.4, 0.5) is 0 Å². The molecule has 0 bridgehead atoms. The van der Waals surface area contributed by atoms with Gasteiger partial charge in [0.05, 0.1) is 12.1 Å². The molecule has 3 rings (SSSR count). The van der Waals surface area contributed by atoms with Gasteiger partial charge in [-0.15, -0.1) is 0 Å². The van der Waals surface area contributed by atoms with Crippen molar-refractivity contribution in [2.45, 2.75) is 37.6 Å². The minimum atomic E-state index is -0.895. The molecule has 1 aliphatic carbocycles. The van der Waals surface area contributed by atoms with Gasteiger partial charge in [-0.1, -0.05) is 12.1 Å². The third kappa shape index (κ3) is 3.85. The first-order valence-electron chi connectivity index (χ1n) is 7.97. The summed E-state index contributed by atoms with van der Waals surface area (Å²) in [5, 5.41) is 12.0. The third-order valence-corrected chi connectivity index (χ3v) is 4.44. The zero-order valence-electron chi connectivity index (χ0n) is 12.6. The van der Waals surface area contributed by atoms with Crippen molar-refractivity contribution in [2.75, 3.05) is 19.6 Å². The first-order chi connectivity index (χ1) is 10.6. The van der Waals surface area contributed by atoms with E-state index in [0.717, 1.165) is 44.3 Å². The van der Waals surface area contributed by atoms with Crippen LogP contribution < -0.4 is 5.32 Å². The number of hydrogen-bond acceptors (Lipinski definition) is 3. The van der Waals surface area contributed by atoms with Crippen LogP contribution in [-0.2, 0) is 4.79 Å². The second kappa shape index (κ2) is 6.48. The van der Waals surface area contributed by atoms with E-state index in [1.54, 1.807) is 12.1 Å². The van der Waals surface area contributed by atoms with Crippen molar-refractivity contribution in [3.8, 4) is 0 Å². The van der Waals surface area contributed by atoms with Gasteiger partial charge in [0.2, 0.25) is 5.91 Å². The van der Waals surface area contributed by atoms with Crippen molar-refractivity contribution in [3.05, 3.63) is 35.4 Å². The summed E-state index contributed by atoms with van der Waals surface area (Å²) in [7, 11) is 0. The Morgan fingerprint density at radius 2 is 1.91 bits per heavy atom. The predicted octanol–water partition coefficient (Wildman–Crippen LogP) is 1.84. The maximum absolute atomic E-state index is 11.9. The fraction of sp³-hybridized carbons (Fsp3) is 0.529. The third-order valence-electron chi connectivity index (χ3n) is 4.44. The number of nitrogens with one attached hydrogen (secondary N) is 1. The van der Waals surface area contributed by atoms with Crippen LogP contribution >= 0.6 is 0 Å². The zero-order chi connectivity index (χ0) is 15.5. The topological polar surface area (TPSA) is 69.6 Å². The SMILES string of the molecule is O=C(CN1CCCC(c2ccc(C(=O)O)cc2)C1)NC1CC1. The molecule has 2 aliphatic rings. The molecule has 2 fully saturated rings. The van der Waals surface area contributed by atoms with Crippen molar-refractivity contribution in [1.29, 1.82) is 0 Å². The monoisotopic (exact) mass is 302 g/mol. The Labute approximate surface area is 130 Å². The summed E-state index contributed by atoms with van der Waals surface area (Å²) >= 11 is 0. The number of hydrogen-bond donors (Lipinski definition) is 2. The van der Waals surface area contributed by atoms with E-state index in [9.17, 15) is 9.59 Å². The first-order valence-corrected chi connectivity index (χ1v) is 7.97. The van der Waals surface area contributed by atoms with Crippen LogP contribution in [0.5, 0.6) is 0 Å². The number of piperidine rings is 1. The van der Waals surface area contributed by atoms with Gasteiger partial charge in [-0.3, -0.25) is 9.69 Å². The minimum absolute atomic E-state index is 0.129. The van der Waals surface area contributed by atoms with Gasteiger partial charge >= 0.3 is 5.97 Å². The average Bonchev–Trinajstić information content (AvgIpc) is 3.31. The lowest BCUT2D eigenvalue weighted by atomic mass is 9.90. The highest BCUT2D eigenvalue weighted by Crippen LogP contribution is 2.27.